The Morgan fingerprint density at radius 1 is 1.59 bits per heavy atom. The number of hydrogen-bond acceptors (Lipinski definition) is 4. The van der Waals surface area contributed by atoms with Crippen molar-refractivity contribution in [2.75, 3.05) is 12.4 Å². The number of amides is 1. The quantitative estimate of drug-likeness (QED) is 0.839. The number of anilines is 1. The van der Waals surface area contributed by atoms with Crippen molar-refractivity contribution in [1.82, 2.24) is 0 Å². The summed E-state index contributed by atoms with van der Waals surface area (Å²) in [4.78, 5) is 23.8. The minimum absolute atomic E-state index is 0.0646. The third-order valence-electron chi connectivity index (χ3n) is 2.34. The van der Waals surface area contributed by atoms with Gasteiger partial charge in [0.25, 0.3) is 0 Å². The molecule has 1 aliphatic heterocycles. The summed E-state index contributed by atoms with van der Waals surface area (Å²) in [6.07, 6.45) is 0.0646. The predicted molar refractivity (Wildman–Crippen MR) is 66.4 cm³/mol. The molecular weight excluding hydrogens is 262 g/mol. The number of thioether (sulfide) groups is 1. The summed E-state index contributed by atoms with van der Waals surface area (Å²) in [5.74, 6) is -0.592. The lowest BCUT2D eigenvalue weighted by Crippen LogP contribution is -2.31. The number of methoxy groups -OCH3 is 1. The van der Waals surface area contributed by atoms with Gasteiger partial charge in [0.1, 0.15) is 0 Å². The van der Waals surface area contributed by atoms with E-state index in [4.69, 9.17) is 11.6 Å². The SMILES string of the molecule is COC(=O)C[C@@H]1Sc2ccc(Cl)cc2NC1=O. The van der Waals surface area contributed by atoms with Gasteiger partial charge in [-0.2, -0.15) is 0 Å². The first-order chi connectivity index (χ1) is 8.10. The summed E-state index contributed by atoms with van der Waals surface area (Å²) in [7, 11) is 1.31. The molecule has 0 saturated heterocycles. The average molecular weight is 272 g/mol. The van der Waals surface area contributed by atoms with Crippen LogP contribution in [0, 0.1) is 0 Å². The highest BCUT2D eigenvalue weighted by Crippen LogP contribution is 2.38. The molecule has 1 aliphatic rings. The van der Waals surface area contributed by atoms with E-state index in [1.165, 1.54) is 18.9 Å². The molecule has 0 fully saturated rings. The topological polar surface area (TPSA) is 55.4 Å². The number of ether oxygens (including phenoxy) is 1. The van der Waals surface area contributed by atoms with E-state index in [-0.39, 0.29) is 12.3 Å². The van der Waals surface area contributed by atoms with Crippen molar-refractivity contribution in [1.29, 1.82) is 0 Å². The van der Waals surface area contributed by atoms with Gasteiger partial charge in [-0.05, 0) is 18.2 Å². The summed E-state index contributed by atoms with van der Waals surface area (Å²) in [5.41, 5.74) is 0.689. The maximum Gasteiger partial charge on any atom is 0.307 e. The van der Waals surface area contributed by atoms with Crippen molar-refractivity contribution < 1.29 is 14.3 Å². The lowest BCUT2D eigenvalue weighted by atomic mass is 10.2. The molecule has 1 amide bonds. The molecule has 4 nitrogen and oxygen atoms in total. The van der Waals surface area contributed by atoms with E-state index in [0.29, 0.717) is 10.7 Å². The first-order valence-electron chi connectivity index (χ1n) is 4.94. The average Bonchev–Trinajstić information content (AvgIpc) is 2.30. The molecule has 2 rings (SSSR count). The number of hydrogen-bond donors (Lipinski definition) is 1. The van der Waals surface area contributed by atoms with Crippen LogP contribution in [0.25, 0.3) is 0 Å². The molecule has 0 saturated carbocycles. The Morgan fingerprint density at radius 3 is 3.06 bits per heavy atom. The van der Waals surface area contributed by atoms with E-state index in [9.17, 15) is 9.59 Å². The number of rotatable bonds is 2. The number of esters is 1. The fraction of sp³-hybridized carbons (Fsp3) is 0.273. The minimum Gasteiger partial charge on any atom is -0.469 e. The predicted octanol–water partition coefficient (Wildman–Crippen LogP) is 2.32. The van der Waals surface area contributed by atoms with Gasteiger partial charge >= 0.3 is 5.97 Å². The van der Waals surface area contributed by atoms with Crippen molar-refractivity contribution in [3.63, 3.8) is 0 Å². The molecule has 0 radical (unpaired) electrons. The molecule has 1 aromatic carbocycles. The van der Waals surface area contributed by atoms with Crippen molar-refractivity contribution in [3.05, 3.63) is 23.2 Å². The fourth-order valence-electron chi connectivity index (χ4n) is 1.49. The molecule has 1 heterocycles. The Labute approximate surface area is 108 Å². The van der Waals surface area contributed by atoms with Crippen LogP contribution in [0.3, 0.4) is 0 Å². The second-order valence-corrected chi connectivity index (χ2v) is 5.20. The zero-order chi connectivity index (χ0) is 12.4. The summed E-state index contributed by atoms with van der Waals surface area (Å²) in [6, 6.07) is 5.27. The lowest BCUT2D eigenvalue weighted by Gasteiger charge is -2.23. The van der Waals surface area contributed by atoms with Crippen LogP contribution in [0.1, 0.15) is 6.42 Å². The van der Waals surface area contributed by atoms with Crippen LogP contribution >= 0.6 is 23.4 Å². The fourth-order valence-corrected chi connectivity index (χ4v) is 2.74. The molecule has 0 spiro atoms. The molecule has 90 valence electrons. The minimum atomic E-state index is -0.448. The van der Waals surface area contributed by atoms with E-state index < -0.39 is 11.2 Å². The molecule has 6 heteroatoms. The number of nitrogens with one attached hydrogen (secondary N) is 1. The van der Waals surface area contributed by atoms with Gasteiger partial charge < -0.3 is 10.1 Å². The van der Waals surface area contributed by atoms with Crippen molar-refractivity contribution in [2.45, 2.75) is 16.6 Å². The van der Waals surface area contributed by atoms with Gasteiger partial charge in [-0.3, -0.25) is 9.59 Å². The molecule has 0 unspecified atom stereocenters. The number of benzene rings is 1. The summed E-state index contributed by atoms with van der Waals surface area (Å²) in [6.45, 7) is 0. The van der Waals surface area contributed by atoms with Gasteiger partial charge in [0.15, 0.2) is 0 Å². The number of carbonyl (C=O) groups is 2. The van der Waals surface area contributed by atoms with E-state index in [0.717, 1.165) is 4.90 Å². The van der Waals surface area contributed by atoms with E-state index >= 15 is 0 Å². The molecule has 0 bridgehead atoms. The molecule has 1 atom stereocenters. The standard InChI is InChI=1S/C11H10ClNO3S/c1-16-10(14)5-9-11(15)13-7-4-6(12)2-3-8(7)17-9/h2-4,9H,5H2,1H3,(H,13,15)/t9-/m0/s1. The Kier molecular flexibility index (Phi) is 3.59. The Balaban J connectivity index is 2.18. The highest BCUT2D eigenvalue weighted by Gasteiger charge is 2.29. The van der Waals surface area contributed by atoms with Crippen molar-refractivity contribution in [2.24, 2.45) is 0 Å². The molecule has 17 heavy (non-hydrogen) atoms. The molecule has 1 aromatic rings. The summed E-state index contributed by atoms with van der Waals surface area (Å²) >= 11 is 7.18. The lowest BCUT2D eigenvalue weighted by molar-refractivity contribution is -0.141. The van der Waals surface area contributed by atoms with Gasteiger partial charge in [0.05, 0.1) is 24.5 Å². The van der Waals surface area contributed by atoms with E-state index in [1.54, 1.807) is 12.1 Å². The monoisotopic (exact) mass is 271 g/mol. The van der Waals surface area contributed by atoms with Gasteiger partial charge in [-0.25, -0.2) is 0 Å². The second-order valence-electron chi connectivity index (χ2n) is 3.52. The highest BCUT2D eigenvalue weighted by atomic mass is 35.5. The van der Waals surface area contributed by atoms with Crippen LogP contribution in [0.5, 0.6) is 0 Å². The summed E-state index contributed by atoms with van der Waals surface area (Å²) in [5, 5.41) is 2.85. The molecule has 1 N–H and O–H groups in total. The van der Waals surface area contributed by atoms with Crippen LogP contribution in [0.4, 0.5) is 5.69 Å². The maximum atomic E-state index is 11.7. The van der Waals surface area contributed by atoms with Crippen molar-refractivity contribution in [3.8, 4) is 0 Å². The van der Waals surface area contributed by atoms with Gasteiger partial charge in [-0.1, -0.05) is 11.6 Å². The first-order valence-corrected chi connectivity index (χ1v) is 6.20. The Bertz CT molecular complexity index is 478. The number of carbonyl (C=O) groups excluding carboxylic acids is 2. The Hall–Kier alpha value is -1.20. The number of fused-ring (bicyclic) bond motifs is 1. The van der Waals surface area contributed by atoms with Crippen LogP contribution in [-0.4, -0.2) is 24.2 Å². The van der Waals surface area contributed by atoms with Crippen LogP contribution < -0.4 is 5.32 Å². The third kappa shape index (κ3) is 2.73. The first kappa shape index (κ1) is 12.3. The number of halogens is 1. The molecule has 0 aliphatic carbocycles. The van der Waals surface area contributed by atoms with Gasteiger partial charge in [0.2, 0.25) is 5.91 Å². The zero-order valence-electron chi connectivity index (χ0n) is 9.03. The summed E-state index contributed by atoms with van der Waals surface area (Å²) < 4.78 is 4.55. The second kappa shape index (κ2) is 4.98. The normalized spacial score (nSPS) is 18.2. The Morgan fingerprint density at radius 2 is 2.35 bits per heavy atom. The molecule has 0 aromatic heterocycles. The zero-order valence-corrected chi connectivity index (χ0v) is 10.6. The van der Waals surface area contributed by atoms with E-state index in [1.807, 2.05) is 6.07 Å². The van der Waals surface area contributed by atoms with Crippen molar-refractivity contribution >= 4 is 40.9 Å². The molecular formula is C11H10ClNO3S. The largest absolute Gasteiger partial charge is 0.469 e. The van der Waals surface area contributed by atoms with Crippen LogP contribution in [0.2, 0.25) is 5.02 Å². The van der Waals surface area contributed by atoms with Gasteiger partial charge in [0, 0.05) is 9.92 Å². The van der Waals surface area contributed by atoms with Crippen LogP contribution in [-0.2, 0) is 14.3 Å². The van der Waals surface area contributed by atoms with E-state index in [2.05, 4.69) is 10.1 Å². The smallest absolute Gasteiger partial charge is 0.307 e. The third-order valence-corrected chi connectivity index (χ3v) is 3.85. The van der Waals surface area contributed by atoms with Gasteiger partial charge in [-0.15, -0.1) is 11.8 Å². The van der Waals surface area contributed by atoms with Crippen LogP contribution in [0.15, 0.2) is 23.1 Å². The highest BCUT2D eigenvalue weighted by molar-refractivity contribution is 8.01. The maximum absolute atomic E-state index is 11.7.